The zero-order valence-electron chi connectivity index (χ0n) is 18.9. The Morgan fingerprint density at radius 1 is 1.12 bits per heavy atom. The quantitative estimate of drug-likeness (QED) is 0.504. The number of carbonyl (C=O) groups is 4. The number of nitrogens with zero attached hydrogens (tertiary/aromatic N) is 2. The second-order valence-electron chi connectivity index (χ2n) is 9.10. The fraction of sp³-hybridized carbons (Fsp3) is 0.440. The smallest absolute Gasteiger partial charge is 0.331 e. The summed E-state index contributed by atoms with van der Waals surface area (Å²) in [5, 5.41) is 6.05. The van der Waals surface area contributed by atoms with Gasteiger partial charge in [0.25, 0.3) is 11.8 Å². The highest BCUT2D eigenvalue weighted by molar-refractivity contribution is 6.31. The molecular formula is C25H28N4O5. The minimum atomic E-state index is -0.699. The summed E-state index contributed by atoms with van der Waals surface area (Å²) in [7, 11) is 0. The lowest BCUT2D eigenvalue weighted by molar-refractivity contribution is -0.131. The highest BCUT2D eigenvalue weighted by atomic mass is 16.5. The van der Waals surface area contributed by atoms with Crippen molar-refractivity contribution in [1.29, 1.82) is 0 Å². The molecule has 1 aromatic carbocycles. The number of hydrogen-bond acceptors (Lipinski definition) is 5. The van der Waals surface area contributed by atoms with E-state index >= 15 is 0 Å². The predicted octanol–water partition coefficient (Wildman–Crippen LogP) is 2.34. The number of hydrogen-bond donors (Lipinski definition) is 2. The van der Waals surface area contributed by atoms with Gasteiger partial charge in [0.05, 0.1) is 6.10 Å². The van der Waals surface area contributed by atoms with Crippen molar-refractivity contribution in [2.45, 2.75) is 57.2 Å². The van der Waals surface area contributed by atoms with Crippen molar-refractivity contribution in [3.8, 4) is 0 Å². The molecule has 3 fully saturated rings. The molecule has 2 aromatic rings. The molecule has 2 aliphatic heterocycles. The Labute approximate surface area is 197 Å². The van der Waals surface area contributed by atoms with Crippen molar-refractivity contribution in [1.82, 2.24) is 20.1 Å². The number of urea groups is 1. The van der Waals surface area contributed by atoms with Gasteiger partial charge in [0.2, 0.25) is 5.91 Å². The molecule has 3 heterocycles. The number of fused-ring (bicyclic) bond motifs is 1. The first-order chi connectivity index (χ1) is 16.5. The molecule has 1 saturated carbocycles. The van der Waals surface area contributed by atoms with Crippen LogP contribution in [0.15, 0.2) is 36.0 Å². The lowest BCUT2D eigenvalue weighted by Crippen LogP contribution is -2.57. The van der Waals surface area contributed by atoms with Gasteiger partial charge in [-0.1, -0.05) is 31.0 Å². The number of benzene rings is 1. The Balaban J connectivity index is 1.40. The summed E-state index contributed by atoms with van der Waals surface area (Å²) in [5.74, 6) is -1.40. The zero-order chi connectivity index (χ0) is 23.7. The van der Waals surface area contributed by atoms with Gasteiger partial charge in [-0.25, -0.2) is 4.79 Å². The maximum absolute atomic E-state index is 13.2. The fourth-order valence-electron chi connectivity index (χ4n) is 5.09. The Hall–Kier alpha value is -3.46. The van der Waals surface area contributed by atoms with E-state index in [-0.39, 0.29) is 30.2 Å². The van der Waals surface area contributed by atoms with Gasteiger partial charge in [0.1, 0.15) is 12.1 Å². The third kappa shape index (κ3) is 4.35. The van der Waals surface area contributed by atoms with Gasteiger partial charge >= 0.3 is 6.03 Å². The van der Waals surface area contributed by atoms with Crippen LogP contribution in [0.1, 0.15) is 44.1 Å². The Kier molecular flexibility index (Phi) is 6.19. The van der Waals surface area contributed by atoms with E-state index in [0.717, 1.165) is 56.0 Å². The van der Waals surface area contributed by atoms with Crippen molar-refractivity contribution >= 4 is 40.7 Å². The van der Waals surface area contributed by atoms with Crippen molar-refractivity contribution in [3.63, 3.8) is 0 Å². The van der Waals surface area contributed by atoms with Crippen molar-refractivity contribution in [2.75, 3.05) is 13.2 Å². The van der Waals surface area contributed by atoms with Crippen LogP contribution in [-0.4, -0.2) is 58.5 Å². The van der Waals surface area contributed by atoms with Crippen LogP contribution in [0.5, 0.6) is 0 Å². The van der Waals surface area contributed by atoms with Crippen LogP contribution in [0.3, 0.4) is 0 Å². The summed E-state index contributed by atoms with van der Waals surface area (Å²) in [6.07, 6.45) is 8.72. The first-order valence-electron chi connectivity index (χ1n) is 11.9. The van der Waals surface area contributed by atoms with Gasteiger partial charge in [-0.2, -0.15) is 0 Å². The molecule has 1 aromatic heterocycles. The summed E-state index contributed by atoms with van der Waals surface area (Å²) in [6, 6.07) is 6.68. The van der Waals surface area contributed by atoms with Crippen molar-refractivity contribution in [3.05, 3.63) is 41.6 Å². The molecule has 1 aliphatic carbocycles. The van der Waals surface area contributed by atoms with Gasteiger partial charge in [-0.3, -0.25) is 24.6 Å². The van der Waals surface area contributed by atoms with Crippen molar-refractivity contribution < 1.29 is 23.9 Å². The van der Waals surface area contributed by atoms with Crippen LogP contribution in [0.4, 0.5) is 4.79 Å². The average molecular weight is 465 g/mol. The summed E-state index contributed by atoms with van der Waals surface area (Å²) in [4.78, 5) is 51.9. The van der Waals surface area contributed by atoms with E-state index in [2.05, 4.69) is 10.6 Å². The standard InChI is InChI=1S/C25H28N4O5/c30-22(26-13-18-8-5-11-34-18)15-28-14-16(19-9-3-4-10-21(19)28)12-20-23(31)27-25(33)29(24(20)32)17-6-1-2-7-17/h3-4,9-10,12,14,17-18H,1-2,5-8,11,13,15H2,(H,26,30)(H,27,31,33)/b20-12-/t18-/m0/s1. The Morgan fingerprint density at radius 3 is 2.68 bits per heavy atom. The lowest BCUT2D eigenvalue weighted by Gasteiger charge is -2.31. The molecule has 2 saturated heterocycles. The normalized spacial score (nSPS) is 22.7. The number of ether oxygens (including phenoxy) is 1. The third-order valence-electron chi connectivity index (χ3n) is 6.81. The number of rotatable bonds is 6. The minimum Gasteiger partial charge on any atom is -0.376 e. The molecule has 2 N–H and O–H groups in total. The maximum atomic E-state index is 13.2. The van der Waals surface area contributed by atoms with Crippen LogP contribution >= 0.6 is 0 Å². The van der Waals surface area contributed by atoms with Gasteiger partial charge in [0.15, 0.2) is 0 Å². The SMILES string of the molecule is O=C(Cn1cc(/C=C2/C(=O)NC(=O)N(C3CCCC3)C2=O)c2ccccc21)NC[C@@H]1CCCO1. The average Bonchev–Trinajstić information content (AvgIpc) is 3.58. The first kappa shape index (κ1) is 22.3. The minimum absolute atomic E-state index is 0.0620. The van der Waals surface area contributed by atoms with E-state index in [1.165, 1.54) is 11.0 Å². The summed E-state index contributed by atoms with van der Waals surface area (Å²) in [5.41, 5.74) is 1.38. The zero-order valence-corrected chi connectivity index (χ0v) is 18.9. The molecule has 9 heteroatoms. The Morgan fingerprint density at radius 2 is 1.91 bits per heavy atom. The van der Waals surface area contributed by atoms with E-state index in [1.807, 2.05) is 24.3 Å². The lowest BCUT2D eigenvalue weighted by atomic mass is 10.0. The number of aromatic nitrogens is 1. The van der Waals surface area contributed by atoms with Crippen LogP contribution in [0.2, 0.25) is 0 Å². The topological polar surface area (TPSA) is 110 Å². The monoisotopic (exact) mass is 464 g/mol. The molecule has 5 rings (SSSR count). The maximum Gasteiger partial charge on any atom is 0.331 e. The second-order valence-corrected chi connectivity index (χ2v) is 9.10. The number of imide groups is 2. The second kappa shape index (κ2) is 9.42. The summed E-state index contributed by atoms with van der Waals surface area (Å²) >= 11 is 0. The predicted molar refractivity (Wildman–Crippen MR) is 125 cm³/mol. The third-order valence-corrected chi connectivity index (χ3v) is 6.81. The van der Waals surface area contributed by atoms with Crippen LogP contribution in [0, 0.1) is 0 Å². The molecule has 0 unspecified atom stereocenters. The largest absolute Gasteiger partial charge is 0.376 e. The highest BCUT2D eigenvalue weighted by Gasteiger charge is 2.40. The van der Waals surface area contributed by atoms with Crippen LogP contribution in [-0.2, 0) is 25.7 Å². The Bertz CT molecular complexity index is 1170. The van der Waals surface area contributed by atoms with E-state index < -0.39 is 17.8 Å². The molecule has 9 nitrogen and oxygen atoms in total. The molecule has 178 valence electrons. The molecule has 34 heavy (non-hydrogen) atoms. The molecular weight excluding hydrogens is 436 g/mol. The molecule has 5 amide bonds. The number of nitrogens with one attached hydrogen (secondary N) is 2. The summed E-state index contributed by atoms with van der Waals surface area (Å²) in [6.45, 7) is 1.31. The molecule has 3 aliphatic rings. The van der Waals surface area contributed by atoms with E-state index in [9.17, 15) is 19.2 Å². The van der Waals surface area contributed by atoms with Gasteiger partial charge in [-0.15, -0.1) is 0 Å². The number of barbiturate groups is 1. The van der Waals surface area contributed by atoms with E-state index in [0.29, 0.717) is 12.1 Å². The van der Waals surface area contributed by atoms with Gasteiger partial charge in [0, 0.05) is 41.9 Å². The summed E-state index contributed by atoms with van der Waals surface area (Å²) < 4.78 is 7.36. The highest BCUT2D eigenvalue weighted by Crippen LogP contribution is 2.29. The van der Waals surface area contributed by atoms with Crippen molar-refractivity contribution in [2.24, 2.45) is 0 Å². The number of carbonyl (C=O) groups excluding carboxylic acids is 4. The van der Waals surface area contributed by atoms with Crippen LogP contribution < -0.4 is 10.6 Å². The van der Waals surface area contributed by atoms with Gasteiger partial charge < -0.3 is 14.6 Å². The fourth-order valence-corrected chi connectivity index (χ4v) is 5.09. The molecule has 0 radical (unpaired) electrons. The molecule has 0 spiro atoms. The van der Waals surface area contributed by atoms with Crippen LogP contribution in [0.25, 0.3) is 17.0 Å². The number of para-hydroxylation sites is 1. The van der Waals surface area contributed by atoms with E-state index in [4.69, 9.17) is 4.74 Å². The molecule has 0 bridgehead atoms. The van der Waals surface area contributed by atoms with E-state index in [1.54, 1.807) is 10.8 Å². The molecule has 1 atom stereocenters. The van der Waals surface area contributed by atoms with Gasteiger partial charge in [-0.05, 0) is 37.8 Å². The first-order valence-corrected chi connectivity index (χ1v) is 11.9. The number of amides is 5.